The fraction of sp³-hybridized carbons (Fsp3) is 0.333. The molecule has 3 heterocycles. The van der Waals surface area contributed by atoms with Crippen LogP contribution in [0.15, 0.2) is 49.1 Å². The third kappa shape index (κ3) is 5.10. The molecule has 4 aromatic rings. The largest absolute Gasteiger partial charge is 0.347 e. The van der Waals surface area contributed by atoms with Gasteiger partial charge in [-0.25, -0.2) is 14.6 Å². The van der Waals surface area contributed by atoms with Gasteiger partial charge in [0.2, 0.25) is 0 Å². The van der Waals surface area contributed by atoms with Gasteiger partial charge in [-0.15, -0.1) is 0 Å². The first kappa shape index (κ1) is 22.6. The van der Waals surface area contributed by atoms with E-state index in [2.05, 4.69) is 37.4 Å². The van der Waals surface area contributed by atoms with Crippen LogP contribution >= 0.6 is 0 Å². The number of hydrogen-bond donors (Lipinski definition) is 3. The number of carbonyl (C=O) groups is 1. The van der Waals surface area contributed by atoms with Gasteiger partial charge in [0.1, 0.15) is 0 Å². The van der Waals surface area contributed by atoms with Gasteiger partial charge in [-0.2, -0.15) is 5.10 Å². The zero-order valence-electron chi connectivity index (χ0n) is 19.2. The molecule has 172 valence electrons. The molecule has 0 aliphatic carbocycles. The van der Waals surface area contributed by atoms with Crippen LogP contribution < -0.4 is 11.1 Å². The van der Waals surface area contributed by atoms with Crippen LogP contribution in [-0.4, -0.2) is 55.7 Å². The molecule has 0 atom stereocenters. The fourth-order valence-electron chi connectivity index (χ4n) is 3.82. The standard InChI is InChI=1S/C24H30N8O/c1-16(2)32-23-21(13-29-32)20(24(33)27-12-19-11-26-15-28-19)10-22(30-23)18-6-4-5-17(9-18)14-31(3)8-7-25/h4-6,9-11,13,15-16H,7-8,12,14,25H2,1-3H3,(H,26,28)(H,27,33). The van der Waals surface area contributed by atoms with Crippen LogP contribution in [0.3, 0.4) is 0 Å². The first-order valence-electron chi connectivity index (χ1n) is 11.1. The number of hydrogen-bond acceptors (Lipinski definition) is 6. The highest BCUT2D eigenvalue weighted by molar-refractivity contribution is 6.06. The van der Waals surface area contributed by atoms with Gasteiger partial charge in [0.25, 0.3) is 5.91 Å². The molecule has 0 aliphatic rings. The molecule has 33 heavy (non-hydrogen) atoms. The average Bonchev–Trinajstić information content (AvgIpc) is 3.47. The zero-order valence-corrected chi connectivity index (χ0v) is 19.2. The Morgan fingerprint density at radius 3 is 2.85 bits per heavy atom. The molecule has 0 bridgehead atoms. The summed E-state index contributed by atoms with van der Waals surface area (Å²) in [6.07, 6.45) is 5.00. The molecule has 0 saturated heterocycles. The molecular weight excluding hydrogens is 416 g/mol. The molecule has 3 aromatic heterocycles. The second-order valence-corrected chi connectivity index (χ2v) is 8.46. The first-order chi connectivity index (χ1) is 16.0. The molecule has 1 aromatic carbocycles. The van der Waals surface area contributed by atoms with E-state index in [-0.39, 0.29) is 11.9 Å². The number of pyridine rings is 1. The number of carbonyl (C=O) groups excluding carboxylic acids is 1. The topological polar surface area (TPSA) is 118 Å². The molecule has 9 nitrogen and oxygen atoms in total. The number of imidazole rings is 1. The van der Waals surface area contributed by atoms with E-state index >= 15 is 0 Å². The lowest BCUT2D eigenvalue weighted by Crippen LogP contribution is -2.24. The third-order valence-corrected chi connectivity index (χ3v) is 5.48. The lowest BCUT2D eigenvalue weighted by Gasteiger charge is -2.16. The predicted molar refractivity (Wildman–Crippen MR) is 128 cm³/mol. The van der Waals surface area contributed by atoms with Gasteiger partial charge in [-0.1, -0.05) is 18.2 Å². The van der Waals surface area contributed by atoms with Gasteiger partial charge >= 0.3 is 0 Å². The van der Waals surface area contributed by atoms with Gasteiger partial charge in [-0.05, 0) is 38.6 Å². The summed E-state index contributed by atoms with van der Waals surface area (Å²) < 4.78 is 1.85. The number of nitrogens with two attached hydrogens (primary N) is 1. The summed E-state index contributed by atoms with van der Waals surface area (Å²) in [5, 5.41) is 8.20. The first-order valence-corrected chi connectivity index (χ1v) is 11.1. The Bertz CT molecular complexity index is 1230. The monoisotopic (exact) mass is 446 g/mol. The van der Waals surface area contributed by atoms with E-state index in [4.69, 9.17) is 10.7 Å². The molecular formula is C24H30N8O. The number of nitrogens with zero attached hydrogens (tertiary/aromatic N) is 5. The van der Waals surface area contributed by atoms with Crippen molar-refractivity contribution in [2.45, 2.75) is 33.0 Å². The zero-order chi connectivity index (χ0) is 23.4. The van der Waals surface area contributed by atoms with E-state index < -0.39 is 0 Å². The maximum absolute atomic E-state index is 13.2. The van der Waals surface area contributed by atoms with Crippen molar-refractivity contribution in [3.05, 3.63) is 65.9 Å². The van der Waals surface area contributed by atoms with Crippen molar-refractivity contribution >= 4 is 16.9 Å². The Morgan fingerprint density at radius 1 is 1.27 bits per heavy atom. The number of nitrogens with one attached hydrogen (secondary N) is 2. The molecule has 0 fully saturated rings. The van der Waals surface area contributed by atoms with Crippen molar-refractivity contribution in [2.75, 3.05) is 20.1 Å². The van der Waals surface area contributed by atoms with Crippen LogP contribution in [-0.2, 0) is 13.1 Å². The number of aromatic amines is 1. The van der Waals surface area contributed by atoms with E-state index in [1.807, 2.05) is 43.8 Å². The number of amides is 1. The minimum Gasteiger partial charge on any atom is -0.347 e. The van der Waals surface area contributed by atoms with Crippen LogP contribution in [0.5, 0.6) is 0 Å². The van der Waals surface area contributed by atoms with E-state index in [9.17, 15) is 4.79 Å². The van der Waals surface area contributed by atoms with Crippen LogP contribution in [0.2, 0.25) is 0 Å². The number of fused-ring (bicyclic) bond motifs is 1. The molecule has 4 rings (SSSR count). The quantitative estimate of drug-likeness (QED) is 0.364. The van der Waals surface area contributed by atoms with Crippen LogP contribution in [0, 0.1) is 0 Å². The highest BCUT2D eigenvalue weighted by Crippen LogP contribution is 2.27. The molecule has 1 amide bonds. The molecule has 4 N–H and O–H groups in total. The lowest BCUT2D eigenvalue weighted by molar-refractivity contribution is 0.0952. The summed E-state index contributed by atoms with van der Waals surface area (Å²) in [7, 11) is 2.05. The molecule has 0 unspecified atom stereocenters. The molecule has 0 saturated carbocycles. The van der Waals surface area contributed by atoms with Crippen molar-refractivity contribution in [3.8, 4) is 11.3 Å². The number of benzene rings is 1. The Labute approximate surface area is 193 Å². The highest BCUT2D eigenvalue weighted by Gasteiger charge is 2.19. The van der Waals surface area contributed by atoms with Gasteiger partial charge < -0.3 is 20.9 Å². The predicted octanol–water partition coefficient (Wildman–Crippen LogP) is 2.72. The summed E-state index contributed by atoms with van der Waals surface area (Å²) in [4.78, 5) is 27.3. The number of aromatic nitrogens is 5. The van der Waals surface area contributed by atoms with Crippen molar-refractivity contribution in [1.82, 2.24) is 34.9 Å². The third-order valence-electron chi connectivity index (χ3n) is 5.48. The maximum atomic E-state index is 13.2. The van der Waals surface area contributed by atoms with Crippen molar-refractivity contribution in [2.24, 2.45) is 5.73 Å². The van der Waals surface area contributed by atoms with E-state index in [0.29, 0.717) is 24.3 Å². The summed E-state index contributed by atoms with van der Waals surface area (Å²) in [5.41, 5.74) is 10.6. The number of rotatable bonds is 9. The highest BCUT2D eigenvalue weighted by atomic mass is 16.1. The van der Waals surface area contributed by atoms with Crippen molar-refractivity contribution in [3.63, 3.8) is 0 Å². The van der Waals surface area contributed by atoms with E-state index in [1.54, 1.807) is 18.7 Å². The van der Waals surface area contributed by atoms with Crippen LogP contribution in [0.1, 0.15) is 41.5 Å². The summed E-state index contributed by atoms with van der Waals surface area (Å²) >= 11 is 0. The molecule has 0 radical (unpaired) electrons. The van der Waals surface area contributed by atoms with Crippen LogP contribution in [0.25, 0.3) is 22.3 Å². The summed E-state index contributed by atoms with van der Waals surface area (Å²) in [5.74, 6) is -0.180. The van der Waals surface area contributed by atoms with Crippen molar-refractivity contribution in [1.29, 1.82) is 0 Å². The van der Waals surface area contributed by atoms with Gasteiger partial charge in [-0.3, -0.25) is 4.79 Å². The smallest absolute Gasteiger partial charge is 0.252 e. The fourth-order valence-corrected chi connectivity index (χ4v) is 3.82. The SMILES string of the molecule is CC(C)n1ncc2c(C(=O)NCc3cnc[nH]3)cc(-c3cccc(CN(C)CCN)c3)nc21. The second-order valence-electron chi connectivity index (χ2n) is 8.46. The maximum Gasteiger partial charge on any atom is 0.252 e. The summed E-state index contributed by atoms with van der Waals surface area (Å²) in [6.45, 7) is 6.68. The normalized spacial score (nSPS) is 11.6. The Kier molecular flexibility index (Phi) is 6.81. The Balaban J connectivity index is 1.72. The summed E-state index contributed by atoms with van der Waals surface area (Å²) in [6, 6.07) is 10.2. The van der Waals surface area contributed by atoms with E-state index in [0.717, 1.165) is 41.0 Å². The Hall–Kier alpha value is -3.56. The van der Waals surface area contributed by atoms with E-state index in [1.165, 1.54) is 0 Å². The minimum absolute atomic E-state index is 0.113. The number of H-pyrrole nitrogens is 1. The lowest BCUT2D eigenvalue weighted by atomic mass is 10.0. The Morgan fingerprint density at radius 2 is 2.12 bits per heavy atom. The minimum atomic E-state index is -0.180. The van der Waals surface area contributed by atoms with Crippen LogP contribution in [0.4, 0.5) is 0 Å². The van der Waals surface area contributed by atoms with Gasteiger partial charge in [0, 0.05) is 37.4 Å². The average molecular weight is 447 g/mol. The van der Waals surface area contributed by atoms with Crippen molar-refractivity contribution < 1.29 is 4.79 Å². The van der Waals surface area contributed by atoms with Gasteiger partial charge in [0.15, 0.2) is 5.65 Å². The molecule has 0 spiro atoms. The molecule has 0 aliphatic heterocycles. The van der Waals surface area contributed by atoms with Gasteiger partial charge in [0.05, 0.1) is 41.4 Å². The second kappa shape index (κ2) is 9.93. The number of likely N-dealkylation sites (N-methyl/N-ethyl adjacent to an activating group) is 1. The molecule has 9 heteroatoms.